The lowest BCUT2D eigenvalue weighted by molar-refractivity contribution is 0.272. The van der Waals surface area contributed by atoms with Crippen molar-refractivity contribution in [1.29, 1.82) is 0 Å². The molecule has 3 nitrogen and oxygen atoms in total. The minimum Gasteiger partial charge on any atom is -0.491 e. The Morgan fingerprint density at radius 1 is 1.28 bits per heavy atom. The minimum absolute atomic E-state index is 0.518. The summed E-state index contributed by atoms with van der Waals surface area (Å²) in [4.78, 5) is 2.20. The molecule has 0 aliphatic heterocycles. The van der Waals surface area contributed by atoms with Gasteiger partial charge in [-0.1, -0.05) is 19.9 Å². The van der Waals surface area contributed by atoms with Gasteiger partial charge in [0.15, 0.2) is 0 Å². The molecule has 18 heavy (non-hydrogen) atoms. The lowest BCUT2D eigenvalue weighted by Gasteiger charge is -2.13. The zero-order valence-corrected chi connectivity index (χ0v) is 12.1. The van der Waals surface area contributed by atoms with Crippen LogP contribution in [0, 0.1) is 5.92 Å². The molecule has 0 fully saturated rings. The number of anilines is 1. The van der Waals surface area contributed by atoms with Crippen molar-refractivity contribution in [2.24, 2.45) is 5.92 Å². The van der Waals surface area contributed by atoms with Gasteiger partial charge in [0.1, 0.15) is 5.75 Å². The maximum absolute atomic E-state index is 6.00. The maximum atomic E-state index is 6.00. The predicted octanol–water partition coefficient (Wildman–Crippen LogP) is 2.80. The van der Waals surface area contributed by atoms with Gasteiger partial charge >= 0.3 is 0 Å². The molecule has 0 amide bonds. The highest BCUT2D eigenvalue weighted by Gasteiger charge is 2.03. The molecular weight excluding hydrogens is 224 g/mol. The Morgan fingerprint density at radius 3 is 2.56 bits per heavy atom. The van der Waals surface area contributed by atoms with Crippen molar-refractivity contribution in [2.45, 2.75) is 26.7 Å². The molecule has 1 rings (SSSR count). The fraction of sp³-hybridized carbons (Fsp3) is 0.600. The van der Waals surface area contributed by atoms with Gasteiger partial charge in [0.2, 0.25) is 0 Å². The van der Waals surface area contributed by atoms with E-state index in [1.54, 1.807) is 0 Å². The first-order valence-electron chi connectivity index (χ1n) is 6.65. The van der Waals surface area contributed by atoms with E-state index in [4.69, 9.17) is 10.5 Å². The summed E-state index contributed by atoms with van der Waals surface area (Å²) in [7, 11) is 4.19. The van der Waals surface area contributed by atoms with Crippen LogP contribution in [0.15, 0.2) is 18.2 Å². The van der Waals surface area contributed by atoms with Gasteiger partial charge in [-0.2, -0.15) is 0 Å². The summed E-state index contributed by atoms with van der Waals surface area (Å²) in [6, 6.07) is 6.13. The van der Waals surface area contributed by atoms with Crippen LogP contribution in [0.1, 0.15) is 25.8 Å². The quantitative estimate of drug-likeness (QED) is 0.756. The third-order valence-electron chi connectivity index (χ3n) is 2.72. The van der Waals surface area contributed by atoms with Crippen molar-refractivity contribution in [3.63, 3.8) is 0 Å². The van der Waals surface area contributed by atoms with Crippen LogP contribution in [-0.4, -0.2) is 32.1 Å². The first-order chi connectivity index (χ1) is 8.49. The molecule has 0 unspecified atom stereocenters. The first-order valence-corrected chi connectivity index (χ1v) is 6.65. The Morgan fingerprint density at radius 2 is 2.00 bits per heavy atom. The van der Waals surface area contributed by atoms with E-state index in [2.05, 4.69) is 38.9 Å². The predicted molar refractivity (Wildman–Crippen MR) is 78.1 cm³/mol. The number of nitrogen functional groups attached to an aromatic ring is 1. The van der Waals surface area contributed by atoms with E-state index >= 15 is 0 Å². The fourth-order valence-corrected chi connectivity index (χ4v) is 1.74. The normalized spacial score (nSPS) is 11.2. The zero-order valence-electron chi connectivity index (χ0n) is 12.1. The average Bonchev–Trinajstić information content (AvgIpc) is 2.27. The summed E-state index contributed by atoms with van der Waals surface area (Å²) in [6.07, 6.45) is 2.21. The zero-order chi connectivity index (χ0) is 13.5. The Balaban J connectivity index is 2.51. The fourth-order valence-electron chi connectivity index (χ4n) is 1.74. The maximum Gasteiger partial charge on any atom is 0.142 e. The van der Waals surface area contributed by atoms with Crippen LogP contribution in [0.5, 0.6) is 5.75 Å². The molecule has 1 aromatic carbocycles. The molecule has 0 radical (unpaired) electrons. The molecule has 0 aliphatic rings. The molecule has 0 spiro atoms. The van der Waals surface area contributed by atoms with Crippen molar-refractivity contribution >= 4 is 5.69 Å². The van der Waals surface area contributed by atoms with Crippen LogP contribution < -0.4 is 10.5 Å². The lowest BCUT2D eigenvalue weighted by atomic mass is 10.1. The van der Waals surface area contributed by atoms with Gasteiger partial charge in [-0.05, 0) is 57.1 Å². The minimum atomic E-state index is 0.518. The van der Waals surface area contributed by atoms with Crippen LogP contribution in [0.2, 0.25) is 0 Å². The standard InChI is InChI=1S/C15H26N2O/c1-12(2)11-18-15-8-7-13(10-14(15)16)6-5-9-17(3)4/h7-8,10,12H,5-6,9,11,16H2,1-4H3. The number of aryl methyl sites for hydroxylation is 1. The van der Waals surface area contributed by atoms with E-state index in [1.165, 1.54) is 5.56 Å². The molecule has 0 saturated carbocycles. The van der Waals surface area contributed by atoms with Crippen molar-refractivity contribution in [3.8, 4) is 5.75 Å². The second-order valence-electron chi connectivity index (χ2n) is 5.48. The largest absolute Gasteiger partial charge is 0.491 e. The average molecular weight is 250 g/mol. The van der Waals surface area contributed by atoms with Crippen LogP contribution in [0.3, 0.4) is 0 Å². The summed E-state index contributed by atoms with van der Waals surface area (Å²) in [6.45, 7) is 6.08. The van der Waals surface area contributed by atoms with Crippen LogP contribution in [-0.2, 0) is 6.42 Å². The summed E-state index contributed by atoms with van der Waals surface area (Å²) in [5.41, 5.74) is 8.04. The second kappa shape index (κ2) is 7.27. The lowest BCUT2D eigenvalue weighted by Crippen LogP contribution is -2.13. The Labute approximate surface area is 111 Å². The Hall–Kier alpha value is -1.22. The van der Waals surface area contributed by atoms with E-state index < -0.39 is 0 Å². The van der Waals surface area contributed by atoms with Crippen molar-refractivity contribution in [3.05, 3.63) is 23.8 Å². The Kier molecular flexibility index (Phi) is 5.99. The molecule has 1 aromatic rings. The molecule has 0 aliphatic carbocycles. The van der Waals surface area contributed by atoms with E-state index in [0.717, 1.165) is 30.8 Å². The molecule has 2 N–H and O–H groups in total. The van der Waals surface area contributed by atoms with Gasteiger partial charge in [-0.25, -0.2) is 0 Å². The number of hydrogen-bond donors (Lipinski definition) is 1. The summed E-state index contributed by atoms with van der Waals surface area (Å²) < 4.78 is 5.66. The molecular formula is C15H26N2O. The van der Waals surface area contributed by atoms with Crippen LogP contribution in [0.25, 0.3) is 0 Å². The number of benzene rings is 1. The van der Waals surface area contributed by atoms with Crippen LogP contribution >= 0.6 is 0 Å². The smallest absolute Gasteiger partial charge is 0.142 e. The van der Waals surface area contributed by atoms with Gasteiger partial charge in [0.25, 0.3) is 0 Å². The van der Waals surface area contributed by atoms with Gasteiger partial charge in [0, 0.05) is 0 Å². The highest BCUT2D eigenvalue weighted by Crippen LogP contribution is 2.23. The molecule has 0 aromatic heterocycles. The van der Waals surface area contributed by atoms with Gasteiger partial charge < -0.3 is 15.4 Å². The van der Waals surface area contributed by atoms with Crippen molar-refractivity contribution in [1.82, 2.24) is 4.90 Å². The molecule has 0 saturated heterocycles. The third-order valence-corrected chi connectivity index (χ3v) is 2.72. The molecule has 0 bridgehead atoms. The highest BCUT2D eigenvalue weighted by molar-refractivity contribution is 5.54. The molecule has 0 heterocycles. The van der Waals surface area contributed by atoms with Gasteiger partial charge in [-0.3, -0.25) is 0 Å². The van der Waals surface area contributed by atoms with Crippen molar-refractivity contribution < 1.29 is 4.74 Å². The summed E-state index contributed by atoms with van der Waals surface area (Å²) in [5.74, 6) is 1.32. The highest BCUT2D eigenvalue weighted by atomic mass is 16.5. The Bertz CT molecular complexity index is 362. The first kappa shape index (κ1) is 14.8. The molecule has 3 heteroatoms. The van der Waals surface area contributed by atoms with Crippen molar-refractivity contribution in [2.75, 3.05) is 33.0 Å². The second-order valence-corrected chi connectivity index (χ2v) is 5.48. The number of rotatable bonds is 7. The third kappa shape index (κ3) is 5.41. The summed E-state index contributed by atoms with van der Waals surface area (Å²) in [5, 5.41) is 0. The van der Waals surface area contributed by atoms with Crippen LogP contribution in [0.4, 0.5) is 5.69 Å². The SMILES string of the molecule is CC(C)COc1ccc(CCCN(C)C)cc1N. The topological polar surface area (TPSA) is 38.5 Å². The monoisotopic (exact) mass is 250 g/mol. The van der Waals surface area contributed by atoms with Gasteiger partial charge in [0.05, 0.1) is 12.3 Å². The van der Waals surface area contributed by atoms with Gasteiger partial charge in [-0.15, -0.1) is 0 Å². The molecule has 102 valence electrons. The number of nitrogens with zero attached hydrogens (tertiary/aromatic N) is 1. The number of ether oxygens (including phenoxy) is 1. The van der Waals surface area contributed by atoms with E-state index in [-0.39, 0.29) is 0 Å². The number of hydrogen-bond acceptors (Lipinski definition) is 3. The van der Waals surface area contributed by atoms with E-state index in [1.807, 2.05) is 12.1 Å². The summed E-state index contributed by atoms with van der Waals surface area (Å²) >= 11 is 0. The number of nitrogens with two attached hydrogens (primary N) is 1. The van der Waals surface area contributed by atoms with E-state index in [9.17, 15) is 0 Å². The molecule has 0 atom stereocenters. The van der Waals surface area contributed by atoms with E-state index in [0.29, 0.717) is 12.5 Å².